The lowest BCUT2D eigenvalue weighted by atomic mass is 9.80. The number of allylic oxidation sites excluding steroid dienone is 3. The maximum absolute atomic E-state index is 13.5. The Hall–Kier alpha value is -2.26. The molecule has 4 nitrogen and oxygen atoms in total. The molecule has 1 unspecified atom stereocenters. The first-order valence-corrected chi connectivity index (χ1v) is 8.49. The van der Waals surface area contributed by atoms with Crippen molar-refractivity contribution in [3.63, 3.8) is 0 Å². The third-order valence-electron chi connectivity index (χ3n) is 4.24. The Kier molecular flexibility index (Phi) is 8.40. The van der Waals surface area contributed by atoms with Crippen molar-refractivity contribution in [1.82, 2.24) is 4.90 Å². The van der Waals surface area contributed by atoms with Gasteiger partial charge in [0.25, 0.3) is 0 Å². The fourth-order valence-corrected chi connectivity index (χ4v) is 2.73. The van der Waals surface area contributed by atoms with Crippen LogP contribution >= 0.6 is 0 Å². The maximum Gasteiger partial charge on any atom is 0.118 e. The SMILES string of the molecule is C=C(/C=C\C(F)=C/C)C(O)(CCCN(C)C)c1ccc(C#N)cc1CO. The first-order valence-electron chi connectivity index (χ1n) is 8.49. The van der Waals surface area contributed by atoms with Crippen LogP contribution in [0.2, 0.25) is 0 Å². The molecule has 0 aliphatic heterocycles. The molecule has 0 saturated carbocycles. The minimum atomic E-state index is -1.47. The van der Waals surface area contributed by atoms with Crippen molar-refractivity contribution < 1.29 is 14.6 Å². The minimum Gasteiger partial charge on any atom is -0.392 e. The van der Waals surface area contributed by atoms with E-state index >= 15 is 0 Å². The molecule has 1 aromatic carbocycles. The Morgan fingerprint density at radius 3 is 2.62 bits per heavy atom. The van der Waals surface area contributed by atoms with Crippen molar-refractivity contribution in [2.75, 3.05) is 20.6 Å². The highest BCUT2D eigenvalue weighted by atomic mass is 19.1. The number of nitrogens with zero attached hydrogens (tertiary/aromatic N) is 2. The van der Waals surface area contributed by atoms with Crippen LogP contribution < -0.4 is 0 Å². The van der Waals surface area contributed by atoms with Crippen LogP contribution in [0.4, 0.5) is 4.39 Å². The lowest BCUT2D eigenvalue weighted by Gasteiger charge is -2.32. The van der Waals surface area contributed by atoms with Crippen molar-refractivity contribution >= 4 is 0 Å². The summed E-state index contributed by atoms with van der Waals surface area (Å²) in [5.41, 5.74) is 0.194. The monoisotopic (exact) mass is 358 g/mol. The van der Waals surface area contributed by atoms with Gasteiger partial charge in [-0.2, -0.15) is 5.26 Å². The molecule has 0 radical (unpaired) electrons. The molecule has 1 aromatic rings. The maximum atomic E-state index is 13.5. The van der Waals surface area contributed by atoms with E-state index in [1.807, 2.05) is 25.1 Å². The van der Waals surface area contributed by atoms with Crippen molar-refractivity contribution in [3.05, 3.63) is 71.1 Å². The second-order valence-electron chi connectivity index (χ2n) is 6.44. The Balaban J connectivity index is 3.33. The van der Waals surface area contributed by atoms with Crippen LogP contribution in [0, 0.1) is 11.3 Å². The summed E-state index contributed by atoms with van der Waals surface area (Å²) in [5.74, 6) is -0.427. The van der Waals surface area contributed by atoms with Crippen LogP contribution in [0.25, 0.3) is 0 Å². The number of nitriles is 1. The van der Waals surface area contributed by atoms with Gasteiger partial charge < -0.3 is 15.1 Å². The van der Waals surface area contributed by atoms with Crippen molar-refractivity contribution in [3.8, 4) is 6.07 Å². The molecule has 2 N–H and O–H groups in total. The predicted octanol–water partition coefficient (Wildman–Crippen LogP) is 3.57. The topological polar surface area (TPSA) is 67.5 Å². The molecule has 0 spiro atoms. The lowest BCUT2D eigenvalue weighted by Crippen LogP contribution is -2.30. The number of hydrogen-bond acceptors (Lipinski definition) is 4. The van der Waals surface area contributed by atoms with Gasteiger partial charge in [0.2, 0.25) is 0 Å². The molecule has 0 heterocycles. The molecule has 26 heavy (non-hydrogen) atoms. The van der Waals surface area contributed by atoms with Crippen molar-refractivity contribution in [1.29, 1.82) is 5.26 Å². The lowest BCUT2D eigenvalue weighted by molar-refractivity contribution is 0.0638. The highest BCUT2D eigenvalue weighted by Crippen LogP contribution is 2.37. The van der Waals surface area contributed by atoms with Crippen LogP contribution in [0.5, 0.6) is 0 Å². The Labute approximate surface area is 155 Å². The van der Waals surface area contributed by atoms with E-state index in [1.165, 1.54) is 18.2 Å². The summed E-state index contributed by atoms with van der Waals surface area (Å²) in [6.07, 6.45) is 5.04. The first kappa shape index (κ1) is 21.8. The third-order valence-corrected chi connectivity index (χ3v) is 4.24. The zero-order valence-electron chi connectivity index (χ0n) is 15.7. The molecule has 0 bridgehead atoms. The standard InChI is InChI=1S/C21H27FN2O2/c1-5-19(22)9-7-16(2)21(26,11-6-12-24(3)4)20-10-8-17(14-23)13-18(20)15-25/h5,7-10,13,25-26H,2,6,11-12,15H2,1,3-4H3/b9-7-,19-5+. The number of aliphatic hydroxyl groups excluding tert-OH is 1. The van der Waals surface area contributed by atoms with Crippen molar-refractivity contribution in [2.45, 2.75) is 32.0 Å². The van der Waals surface area contributed by atoms with Gasteiger partial charge in [-0.05, 0) is 75.3 Å². The molecular formula is C21H27FN2O2. The number of rotatable bonds is 9. The summed E-state index contributed by atoms with van der Waals surface area (Å²) in [5, 5.41) is 30.2. The van der Waals surface area contributed by atoms with Crippen LogP contribution in [0.3, 0.4) is 0 Å². The van der Waals surface area contributed by atoms with E-state index in [0.29, 0.717) is 35.1 Å². The summed E-state index contributed by atoms with van der Waals surface area (Å²) in [7, 11) is 3.88. The molecule has 0 aromatic heterocycles. The smallest absolute Gasteiger partial charge is 0.118 e. The second-order valence-corrected chi connectivity index (χ2v) is 6.44. The van der Waals surface area contributed by atoms with Gasteiger partial charge in [0.05, 0.1) is 18.2 Å². The number of halogens is 1. The number of benzene rings is 1. The highest BCUT2D eigenvalue weighted by molar-refractivity contribution is 5.46. The summed E-state index contributed by atoms with van der Waals surface area (Å²) < 4.78 is 13.5. The van der Waals surface area contributed by atoms with E-state index in [4.69, 9.17) is 5.26 Å². The van der Waals surface area contributed by atoms with Gasteiger partial charge in [0, 0.05) is 0 Å². The van der Waals surface area contributed by atoms with Crippen LogP contribution in [0.15, 0.2) is 54.4 Å². The van der Waals surface area contributed by atoms with Crippen LogP contribution in [0.1, 0.15) is 36.5 Å². The molecule has 0 saturated heterocycles. The fourth-order valence-electron chi connectivity index (χ4n) is 2.73. The molecule has 5 heteroatoms. The van der Waals surface area contributed by atoms with Gasteiger partial charge >= 0.3 is 0 Å². The summed E-state index contributed by atoms with van der Waals surface area (Å²) in [6.45, 7) is 5.95. The van der Waals surface area contributed by atoms with Gasteiger partial charge in [-0.3, -0.25) is 0 Å². The first-order chi connectivity index (χ1) is 12.3. The molecule has 0 aliphatic carbocycles. The number of aliphatic hydroxyl groups is 2. The normalized spacial score (nSPS) is 14.5. The average Bonchev–Trinajstić information content (AvgIpc) is 2.64. The zero-order valence-corrected chi connectivity index (χ0v) is 15.7. The van der Waals surface area contributed by atoms with E-state index in [0.717, 1.165) is 6.54 Å². The summed E-state index contributed by atoms with van der Waals surface area (Å²) in [6, 6.07) is 6.80. The van der Waals surface area contributed by atoms with Gasteiger partial charge in [-0.15, -0.1) is 0 Å². The van der Waals surface area contributed by atoms with E-state index in [1.54, 1.807) is 25.1 Å². The van der Waals surface area contributed by atoms with Gasteiger partial charge in [-0.25, -0.2) is 4.39 Å². The van der Waals surface area contributed by atoms with E-state index in [9.17, 15) is 14.6 Å². The molecule has 0 aliphatic rings. The Morgan fingerprint density at radius 2 is 2.08 bits per heavy atom. The van der Waals surface area contributed by atoms with E-state index < -0.39 is 11.4 Å². The predicted molar refractivity (Wildman–Crippen MR) is 102 cm³/mol. The van der Waals surface area contributed by atoms with Gasteiger partial charge in [-0.1, -0.05) is 24.8 Å². The molecule has 1 atom stereocenters. The van der Waals surface area contributed by atoms with Crippen LogP contribution in [-0.2, 0) is 12.2 Å². The van der Waals surface area contributed by atoms with Gasteiger partial charge in [0.1, 0.15) is 11.4 Å². The number of hydrogen-bond donors (Lipinski definition) is 2. The highest BCUT2D eigenvalue weighted by Gasteiger charge is 2.33. The largest absolute Gasteiger partial charge is 0.392 e. The Morgan fingerprint density at radius 1 is 1.38 bits per heavy atom. The molecule has 0 amide bonds. The fraction of sp³-hybridized carbons (Fsp3) is 0.381. The van der Waals surface area contributed by atoms with E-state index in [-0.39, 0.29) is 6.61 Å². The molecular weight excluding hydrogens is 331 g/mol. The molecule has 0 fully saturated rings. The minimum absolute atomic E-state index is 0.318. The van der Waals surface area contributed by atoms with E-state index in [2.05, 4.69) is 6.58 Å². The quantitative estimate of drug-likeness (QED) is 0.662. The summed E-state index contributed by atoms with van der Waals surface area (Å²) in [4.78, 5) is 2.00. The molecule has 140 valence electrons. The van der Waals surface area contributed by atoms with Crippen molar-refractivity contribution in [2.24, 2.45) is 0 Å². The van der Waals surface area contributed by atoms with Crippen LogP contribution in [-0.4, -0.2) is 35.8 Å². The summed E-state index contributed by atoms with van der Waals surface area (Å²) >= 11 is 0. The Bertz CT molecular complexity index is 732. The second kappa shape index (κ2) is 10.0. The van der Waals surface area contributed by atoms with Gasteiger partial charge in [0.15, 0.2) is 0 Å². The zero-order chi connectivity index (χ0) is 19.7. The third kappa shape index (κ3) is 5.63. The molecule has 1 rings (SSSR count). The average molecular weight is 358 g/mol.